The molecule has 26 heavy (non-hydrogen) atoms. The van der Waals surface area contributed by atoms with E-state index >= 15 is 0 Å². The van der Waals surface area contributed by atoms with E-state index in [4.69, 9.17) is 11.6 Å². The zero-order valence-electron chi connectivity index (χ0n) is 15.0. The number of nitrogens with zero attached hydrogens (tertiary/aromatic N) is 5. The van der Waals surface area contributed by atoms with E-state index in [2.05, 4.69) is 20.5 Å². The summed E-state index contributed by atoms with van der Waals surface area (Å²) in [5, 5.41) is 12.1. The van der Waals surface area contributed by atoms with Gasteiger partial charge in [0.05, 0.1) is 23.0 Å². The average molecular weight is 373 g/mol. The molecule has 3 aromatic rings. The lowest BCUT2D eigenvalue weighted by Crippen LogP contribution is -2.27. The molecular formula is C18H21ClN6O. The van der Waals surface area contributed by atoms with Crippen LogP contribution in [-0.4, -0.2) is 30.5 Å². The van der Waals surface area contributed by atoms with Crippen molar-refractivity contribution in [3.8, 4) is 0 Å². The zero-order chi connectivity index (χ0) is 18.7. The van der Waals surface area contributed by atoms with Crippen molar-refractivity contribution < 1.29 is 4.79 Å². The molecule has 2 aromatic heterocycles. The van der Waals surface area contributed by atoms with Crippen LogP contribution in [0.3, 0.4) is 0 Å². The fraction of sp³-hybridized carbons (Fsp3) is 0.333. The van der Waals surface area contributed by atoms with Crippen LogP contribution in [0, 0.1) is 13.8 Å². The highest BCUT2D eigenvalue weighted by molar-refractivity contribution is 6.31. The maximum Gasteiger partial charge on any atom is 0.251 e. The highest BCUT2D eigenvalue weighted by atomic mass is 35.5. The van der Waals surface area contributed by atoms with Gasteiger partial charge in [-0.2, -0.15) is 5.10 Å². The maximum absolute atomic E-state index is 12.7. The van der Waals surface area contributed by atoms with Crippen LogP contribution < -0.4 is 5.32 Å². The van der Waals surface area contributed by atoms with Gasteiger partial charge in [-0.15, -0.1) is 5.10 Å². The summed E-state index contributed by atoms with van der Waals surface area (Å²) in [7, 11) is 0. The molecule has 0 aliphatic heterocycles. The lowest BCUT2D eigenvalue weighted by Gasteiger charge is -2.16. The molecule has 0 radical (unpaired) electrons. The first-order valence-electron chi connectivity index (χ1n) is 8.45. The van der Waals surface area contributed by atoms with Crippen molar-refractivity contribution in [3.05, 3.63) is 58.6 Å². The minimum atomic E-state index is -0.470. The maximum atomic E-state index is 12.7. The zero-order valence-corrected chi connectivity index (χ0v) is 15.7. The van der Waals surface area contributed by atoms with E-state index in [0.717, 1.165) is 11.3 Å². The normalized spacial score (nSPS) is 12.2. The Morgan fingerprint density at radius 3 is 2.58 bits per heavy atom. The van der Waals surface area contributed by atoms with Gasteiger partial charge in [0, 0.05) is 0 Å². The second kappa shape index (κ2) is 7.70. The molecule has 0 saturated heterocycles. The molecule has 136 valence electrons. The molecule has 1 amide bonds. The first-order valence-corrected chi connectivity index (χ1v) is 8.82. The number of hydrogen-bond donors (Lipinski definition) is 1. The van der Waals surface area contributed by atoms with Crippen LogP contribution >= 0.6 is 11.6 Å². The smallest absolute Gasteiger partial charge is 0.251 e. The van der Waals surface area contributed by atoms with E-state index in [1.807, 2.05) is 51.1 Å². The SMILES string of the molecule is CCC(C(=O)Nc1ncn(Cc2ccccc2)n1)n1nc(C)c(Cl)c1C. The fourth-order valence-electron chi connectivity index (χ4n) is 2.81. The van der Waals surface area contributed by atoms with Gasteiger partial charge in [0.15, 0.2) is 0 Å². The van der Waals surface area contributed by atoms with Gasteiger partial charge >= 0.3 is 0 Å². The van der Waals surface area contributed by atoms with Crippen molar-refractivity contribution in [2.45, 2.75) is 39.8 Å². The number of rotatable bonds is 6. The van der Waals surface area contributed by atoms with E-state index in [1.165, 1.54) is 0 Å². The Morgan fingerprint density at radius 1 is 1.23 bits per heavy atom. The molecule has 0 saturated carbocycles. The molecule has 2 heterocycles. The Morgan fingerprint density at radius 2 is 1.96 bits per heavy atom. The third kappa shape index (κ3) is 3.77. The van der Waals surface area contributed by atoms with Gasteiger partial charge in [-0.3, -0.25) is 14.8 Å². The standard InChI is InChI=1S/C18H21ClN6O/c1-4-15(25-13(3)16(19)12(2)22-25)17(26)21-18-20-11-24(23-18)10-14-8-6-5-7-9-14/h5-9,11,15H,4,10H2,1-3H3,(H,21,23,26). The van der Waals surface area contributed by atoms with Crippen LogP contribution in [0.1, 0.15) is 36.3 Å². The molecule has 0 bridgehead atoms. The predicted molar refractivity (Wildman–Crippen MR) is 100 cm³/mol. The first-order chi connectivity index (χ1) is 12.5. The Bertz CT molecular complexity index is 902. The highest BCUT2D eigenvalue weighted by Gasteiger charge is 2.24. The molecule has 3 rings (SSSR count). The van der Waals surface area contributed by atoms with Crippen LogP contribution in [0.15, 0.2) is 36.7 Å². The minimum absolute atomic E-state index is 0.216. The van der Waals surface area contributed by atoms with Crippen molar-refractivity contribution in [2.24, 2.45) is 0 Å². The molecule has 0 aliphatic rings. The van der Waals surface area contributed by atoms with Gasteiger partial charge in [-0.05, 0) is 25.8 Å². The summed E-state index contributed by atoms with van der Waals surface area (Å²) in [5.41, 5.74) is 2.59. The third-order valence-corrected chi connectivity index (χ3v) is 4.73. The summed E-state index contributed by atoms with van der Waals surface area (Å²) in [6.07, 6.45) is 2.18. The van der Waals surface area contributed by atoms with E-state index < -0.39 is 6.04 Å². The van der Waals surface area contributed by atoms with Crippen LogP contribution in [0.2, 0.25) is 5.02 Å². The van der Waals surface area contributed by atoms with Gasteiger partial charge in [-0.1, -0.05) is 48.9 Å². The van der Waals surface area contributed by atoms with Gasteiger partial charge in [-0.25, -0.2) is 9.67 Å². The number of hydrogen-bond acceptors (Lipinski definition) is 4. The number of carbonyl (C=O) groups is 1. The highest BCUT2D eigenvalue weighted by Crippen LogP contribution is 2.24. The molecule has 1 atom stereocenters. The van der Waals surface area contributed by atoms with Crippen LogP contribution in [0.25, 0.3) is 0 Å². The molecule has 0 spiro atoms. The van der Waals surface area contributed by atoms with Crippen molar-refractivity contribution in [3.63, 3.8) is 0 Å². The van der Waals surface area contributed by atoms with E-state index in [1.54, 1.807) is 15.7 Å². The van der Waals surface area contributed by atoms with Gasteiger partial charge in [0.1, 0.15) is 12.4 Å². The Labute approximate surface area is 157 Å². The number of carbonyl (C=O) groups excluding carboxylic acids is 1. The number of aromatic nitrogens is 5. The van der Waals surface area contributed by atoms with Crippen molar-refractivity contribution in [2.75, 3.05) is 5.32 Å². The molecule has 7 nitrogen and oxygen atoms in total. The number of aryl methyl sites for hydroxylation is 1. The Balaban J connectivity index is 1.71. The molecular weight excluding hydrogens is 352 g/mol. The largest absolute Gasteiger partial charge is 0.291 e. The van der Waals surface area contributed by atoms with Crippen LogP contribution in [-0.2, 0) is 11.3 Å². The lowest BCUT2D eigenvalue weighted by molar-refractivity contribution is -0.119. The summed E-state index contributed by atoms with van der Waals surface area (Å²) >= 11 is 6.20. The summed E-state index contributed by atoms with van der Waals surface area (Å²) in [6, 6.07) is 9.47. The van der Waals surface area contributed by atoms with Gasteiger partial charge < -0.3 is 0 Å². The summed E-state index contributed by atoms with van der Waals surface area (Å²) < 4.78 is 3.35. The van der Waals surface area contributed by atoms with Gasteiger partial charge in [0.2, 0.25) is 5.95 Å². The molecule has 1 unspecified atom stereocenters. The Kier molecular flexibility index (Phi) is 5.37. The number of amides is 1. The topological polar surface area (TPSA) is 77.6 Å². The second-order valence-electron chi connectivity index (χ2n) is 6.09. The second-order valence-corrected chi connectivity index (χ2v) is 6.47. The predicted octanol–water partition coefficient (Wildman–Crippen LogP) is 3.38. The molecule has 1 aromatic carbocycles. The summed E-state index contributed by atoms with van der Waals surface area (Å²) in [6.45, 7) is 6.19. The van der Waals surface area contributed by atoms with Crippen LogP contribution in [0.5, 0.6) is 0 Å². The van der Waals surface area contributed by atoms with E-state index in [9.17, 15) is 4.79 Å². The fourth-order valence-corrected chi connectivity index (χ4v) is 2.93. The molecule has 0 aliphatic carbocycles. The van der Waals surface area contributed by atoms with Crippen molar-refractivity contribution in [1.29, 1.82) is 0 Å². The van der Waals surface area contributed by atoms with E-state index in [-0.39, 0.29) is 11.9 Å². The number of anilines is 1. The average Bonchev–Trinajstić information content (AvgIpc) is 3.16. The quantitative estimate of drug-likeness (QED) is 0.719. The monoisotopic (exact) mass is 372 g/mol. The number of nitrogens with one attached hydrogen (secondary N) is 1. The molecule has 0 fully saturated rings. The molecule has 8 heteroatoms. The van der Waals surface area contributed by atoms with Crippen molar-refractivity contribution >= 4 is 23.5 Å². The Hall–Kier alpha value is -2.67. The first kappa shape index (κ1) is 18.1. The van der Waals surface area contributed by atoms with Crippen LogP contribution in [0.4, 0.5) is 5.95 Å². The lowest BCUT2D eigenvalue weighted by atomic mass is 10.2. The number of halogens is 1. The van der Waals surface area contributed by atoms with Crippen molar-refractivity contribution in [1.82, 2.24) is 24.5 Å². The third-order valence-electron chi connectivity index (χ3n) is 4.18. The van der Waals surface area contributed by atoms with Gasteiger partial charge in [0.25, 0.3) is 5.91 Å². The van der Waals surface area contributed by atoms with E-state index in [0.29, 0.717) is 23.7 Å². The minimum Gasteiger partial charge on any atom is -0.291 e. The number of benzene rings is 1. The molecule has 1 N–H and O–H groups in total. The summed E-state index contributed by atoms with van der Waals surface area (Å²) in [5.74, 6) is 0.0595. The summed E-state index contributed by atoms with van der Waals surface area (Å²) in [4.78, 5) is 16.9.